The van der Waals surface area contributed by atoms with E-state index in [2.05, 4.69) is 0 Å². The molecule has 2 aliphatic rings. The van der Waals surface area contributed by atoms with E-state index in [4.69, 9.17) is 9.47 Å². The third-order valence-corrected chi connectivity index (χ3v) is 4.93. The molecule has 0 heterocycles. The molecule has 0 bridgehead atoms. The maximum Gasteiger partial charge on any atom is 0.395 e. The van der Waals surface area contributed by atoms with E-state index in [9.17, 15) is 35.9 Å². The molecule has 10 heteroatoms. The van der Waals surface area contributed by atoms with Crippen molar-refractivity contribution in [3.05, 3.63) is 11.6 Å². The van der Waals surface area contributed by atoms with Gasteiger partial charge in [0.25, 0.3) is 0 Å². The summed E-state index contributed by atoms with van der Waals surface area (Å²) in [6.45, 7) is 1.14. The topological polar surface area (TPSA) is 52.6 Å². The summed E-state index contributed by atoms with van der Waals surface area (Å²) in [4.78, 5) is 23.7. The molecule has 27 heavy (non-hydrogen) atoms. The summed E-state index contributed by atoms with van der Waals surface area (Å²) in [5.74, 6) is -5.78. The number of halogens is 6. The Kier molecular flexibility index (Phi) is 6.47. The fraction of sp³-hybridized carbons (Fsp3) is 0.765. The van der Waals surface area contributed by atoms with Gasteiger partial charge >= 0.3 is 24.3 Å². The summed E-state index contributed by atoms with van der Waals surface area (Å²) in [6, 6.07) is 0. The molecule has 0 N–H and O–H groups in total. The van der Waals surface area contributed by atoms with E-state index in [1.807, 2.05) is 0 Å². The molecular weight excluding hydrogens is 382 g/mol. The number of rotatable bonds is 4. The first-order valence-corrected chi connectivity index (χ1v) is 8.63. The highest BCUT2D eigenvalue weighted by Crippen LogP contribution is 2.41. The fourth-order valence-corrected chi connectivity index (χ4v) is 3.53. The van der Waals surface area contributed by atoms with Crippen LogP contribution in [-0.4, -0.2) is 36.5 Å². The predicted octanol–water partition coefficient (Wildman–Crippen LogP) is 4.48. The summed E-state index contributed by atoms with van der Waals surface area (Å²) < 4.78 is 86.7. The third kappa shape index (κ3) is 5.62. The minimum atomic E-state index is -4.49. The zero-order valence-electron chi connectivity index (χ0n) is 14.5. The van der Waals surface area contributed by atoms with Crippen LogP contribution in [0.4, 0.5) is 26.3 Å². The van der Waals surface area contributed by atoms with E-state index in [1.165, 1.54) is 0 Å². The molecule has 0 radical (unpaired) electrons. The monoisotopic (exact) mass is 402 g/mol. The van der Waals surface area contributed by atoms with Gasteiger partial charge in [-0.1, -0.05) is 0 Å². The second kappa shape index (κ2) is 8.10. The Morgan fingerprint density at radius 3 is 1.70 bits per heavy atom. The lowest BCUT2D eigenvalue weighted by atomic mass is 10.1. The maximum absolute atomic E-state index is 12.9. The van der Waals surface area contributed by atoms with E-state index in [0.29, 0.717) is 6.08 Å². The SMILES string of the molecule is C/C(=C/C(=O)OC1CCCC1C(F)(F)F)C(=O)OC1CCCC1C(F)(F)F. The first kappa shape index (κ1) is 21.6. The average Bonchev–Trinajstić information content (AvgIpc) is 3.14. The van der Waals surface area contributed by atoms with Crippen molar-refractivity contribution in [1.29, 1.82) is 0 Å². The molecule has 2 rings (SSSR count). The molecule has 4 unspecified atom stereocenters. The van der Waals surface area contributed by atoms with Crippen LogP contribution in [0, 0.1) is 11.8 Å². The largest absolute Gasteiger partial charge is 0.459 e. The highest BCUT2D eigenvalue weighted by molar-refractivity contribution is 5.96. The van der Waals surface area contributed by atoms with Gasteiger partial charge in [0.15, 0.2) is 0 Å². The maximum atomic E-state index is 12.9. The van der Waals surface area contributed by atoms with Gasteiger partial charge in [-0.05, 0) is 45.4 Å². The number of carbonyl (C=O) groups excluding carboxylic acids is 2. The molecule has 2 fully saturated rings. The second-order valence-electron chi connectivity index (χ2n) is 6.90. The number of hydrogen-bond acceptors (Lipinski definition) is 4. The molecule has 0 aliphatic heterocycles. The molecule has 0 aromatic heterocycles. The first-order chi connectivity index (χ1) is 12.4. The van der Waals surface area contributed by atoms with Crippen LogP contribution in [-0.2, 0) is 19.1 Å². The van der Waals surface area contributed by atoms with Crippen molar-refractivity contribution in [1.82, 2.24) is 0 Å². The van der Waals surface area contributed by atoms with Crippen molar-refractivity contribution in [2.45, 2.75) is 70.0 Å². The Morgan fingerprint density at radius 2 is 1.26 bits per heavy atom. The highest BCUT2D eigenvalue weighted by atomic mass is 19.4. The third-order valence-electron chi connectivity index (χ3n) is 4.93. The Labute approximate surface area is 151 Å². The molecule has 0 aromatic carbocycles. The van der Waals surface area contributed by atoms with Gasteiger partial charge in [-0.15, -0.1) is 0 Å². The number of carbonyl (C=O) groups is 2. The van der Waals surface area contributed by atoms with Crippen molar-refractivity contribution in [2.75, 3.05) is 0 Å². The zero-order valence-corrected chi connectivity index (χ0v) is 14.5. The van der Waals surface area contributed by atoms with Gasteiger partial charge in [-0.2, -0.15) is 26.3 Å². The van der Waals surface area contributed by atoms with Crippen molar-refractivity contribution in [3.63, 3.8) is 0 Å². The van der Waals surface area contributed by atoms with Crippen LogP contribution in [0.15, 0.2) is 11.6 Å². The van der Waals surface area contributed by atoms with Crippen molar-refractivity contribution in [2.24, 2.45) is 11.8 Å². The highest BCUT2D eigenvalue weighted by Gasteiger charge is 2.49. The normalized spacial score (nSPS) is 29.7. The molecule has 2 aliphatic carbocycles. The van der Waals surface area contributed by atoms with Crippen LogP contribution in [0.1, 0.15) is 45.4 Å². The first-order valence-electron chi connectivity index (χ1n) is 8.63. The van der Waals surface area contributed by atoms with Crippen LogP contribution < -0.4 is 0 Å². The second-order valence-corrected chi connectivity index (χ2v) is 6.90. The molecule has 2 saturated carbocycles. The van der Waals surface area contributed by atoms with E-state index < -0.39 is 48.3 Å². The lowest BCUT2D eigenvalue weighted by Gasteiger charge is -2.23. The molecule has 0 spiro atoms. The molecular formula is C17H20F6O4. The summed E-state index contributed by atoms with van der Waals surface area (Å²) in [5, 5.41) is 0. The van der Waals surface area contributed by atoms with Crippen LogP contribution in [0.2, 0.25) is 0 Å². The van der Waals surface area contributed by atoms with Crippen LogP contribution in [0.25, 0.3) is 0 Å². The smallest absolute Gasteiger partial charge is 0.395 e. The van der Waals surface area contributed by atoms with Crippen LogP contribution in [0.5, 0.6) is 0 Å². The van der Waals surface area contributed by atoms with Gasteiger partial charge in [0.2, 0.25) is 0 Å². The van der Waals surface area contributed by atoms with Crippen molar-refractivity contribution < 1.29 is 45.4 Å². The molecule has 154 valence electrons. The summed E-state index contributed by atoms with van der Waals surface area (Å²) in [5.41, 5.74) is -0.325. The number of ether oxygens (including phenoxy) is 2. The van der Waals surface area contributed by atoms with Crippen molar-refractivity contribution >= 4 is 11.9 Å². The Hall–Kier alpha value is -1.74. The van der Waals surface area contributed by atoms with E-state index in [1.54, 1.807) is 0 Å². The van der Waals surface area contributed by atoms with Gasteiger partial charge in [0.1, 0.15) is 12.2 Å². The van der Waals surface area contributed by atoms with E-state index >= 15 is 0 Å². The van der Waals surface area contributed by atoms with E-state index in [0.717, 1.165) is 6.92 Å². The fourth-order valence-electron chi connectivity index (χ4n) is 3.53. The number of alkyl halides is 6. The van der Waals surface area contributed by atoms with Crippen LogP contribution in [0.3, 0.4) is 0 Å². The number of hydrogen-bond donors (Lipinski definition) is 0. The Balaban J connectivity index is 1.94. The standard InChI is InChI=1S/C17H20F6O4/c1-9(15(25)27-13-7-3-5-11(13)17(21,22)23)8-14(24)26-12-6-2-4-10(12)16(18,19)20/h8,10-13H,2-7H2,1H3/b9-8-. The van der Waals surface area contributed by atoms with Crippen LogP contribution >= 0.6 is 0 Å². The van der Waals surface area contributed by atoms with Gasteiger partial charge in [0.05, 0.1) is 11.8 Å². The lowest BCUT2D eigenvalue weighted by molar-refractivity contribution is -0.202. The average molecular weight is 402 g/mol. The quantitative estimate of drug-likeness (QED) is 0.395. The molecule has 0 saturated heterocycles. The zero-order chi connectivity index (χ0) is 20.4. The lowest BCUT2D eigenvalue weighted by Crippen LogP contribution is -2.34. The van der Waals surface area contributed by atoms with Gasteiger partial charge in [-0.3, -0.25) is 0 Å². The number of esters is 2. The molecule has 0 amide bonds. The van der Waals surface area contributed by atoms with Gasteiger partial charge in [-0.25, -0.2) is 9.59 Å². The molecule has 0 aromatic rings. The Bertz CT molecular complexity index is 595. The predicted molar refractivity (Wildman–Crippen MR) is 80.3 cm³/mol. The summed E-state index contributed by atoms with van der Waals surface area (Å²) in [7, 11) is 0. The van der Waals surface area contributed by atoms with Gasteiger partial charge < -0.3 is 9.47 Å². The van der Waals surface area contributed by atoms with Gasteiger partial charge in [0, 0.05) is 11.6 Å². The summed E-state index contributed by atoms with van der Waals surface area (Å²) in [6.07, 6.45) is -10.7. The van der Waals surface area contributed by atoms with E-state index in [-0.39, 0.29) is 44.1 Å². The minimum absolute atomic E-state index is 0.0581. The summed E-state index contributed by atoms with van der Waals surface area (Å²) >= 11 is 0. The molecule has 4 atom stereocenters. The van der Waals surface area contributed by atoms with Crippen molar-refractivity contribution in [3.8, 4) is 0 Å². The Morgan fingerprint density at radius 1 is 0.815 bits per heavy atom. The molecule has 4 nitrogen and oxygen atoms in total. The minimum Gasteiger partial charge on any atom is -0.459 e.